The molecule has 0 saturated heterocycles. The molecule has 0 radical (unpaired) electrons. The molecular formula is C18H24ClN3O. The first-order chi connectivity index (χ1) is 10.8. The topological polar surface area (TPSA) is 50.9 Å². The van der Waals surface area contributed by atoms with Crippen molar-refractivity contribution in [1.82, 2.24) is 14.5 Å². The molecule has 3 rings (SSSR count). The van der Waals surface area contributed by atoms with E-state index in [0.29, 0.717) is 6.42 Å². The Hall–Kier alpha value is -1.91. The molecule has 23 heavy (non-hydrogen) atoms. The molecule has 0 atom stereocenters. The summed E-state index contributed by atoms with van der Waals surface area (Å²) in [5.41, 5.74) is 1.06. The van der Waals surface area contributed by atoms with Crippen molar-refractivity contribution in [3.63, 3.8) is 0 Å². The third-order valence-electron chi connectivity index (χ3n) is 3.40. The highest BCUT2D eigenvalue weighted by Gasteiger charge is 1.99. The third kappa shape index (κ3) is 6.00. The second kappa shape index (κ2) is 10.8. The molecule has 2 heterocycles. The van der Waals surface area contributed by atoms with Gasteiger partial charge in [0, 0.05) is 36.9 Å². The summed E-state index contributed by atoms with van der Waals surface area (Å²) in [7, 11) is 0. The molecule has 0 saturated carbocycles. The highest BCUT2D eigenvalue weighted by atomic mass is 35.5. The number of halogens is 1. The van der Waals surface area contributed by atoms with Gasteiger partial charge in [0.25, 0.3) is 0 Å². The van der Waals surface area contributed by atoms with Crippen LogP contribution in [-0.2, 0) is 13.0 Å². The van der Waals surface area contributed by atoms with Crippen molar-refractivity contribution >= 4 is 23.3 Å². The van der Waals surface area contributed by atoms with Crippen LogP contribution in [0.1, 0.15) is 25.6 Å². The number of benzene rings is 1. The summed E-state index contributed by atoms with van der Waals surface area (Å²) >= 11 is 0. The van der Waals surface area contributed by atoms with Gasteiger partial charge in [-0.05, 0) is 18.6 Å². The lowest BCUT2D eigenvalue weighted by Crippen LogP contribution is -2.04. The van der Waals surface area contributed by atoms with Crippen molar-refractivity contribution in [3.05, 3.63) is 60.8 Å². The third-order valence-corrected chi connectivity index (χ3v) is 3.40. The molecule has 1 aromatic carbocycles. The molecule has 0 aliphatic heterocycles. The number of aliphatic hydroxyl groups excluding tert-OH is 1. The van der Waals surface area contributed by atoms with Crippen molar-refractivity contribution < 1.29 is 5.11 Å². The van der Waals surface area contributed by atoms with Crippen LogP contribution in [0, 0.1) is 0 Å². The maximum Gasteiger partial charge on any atom is 0.110 e. The van der Waals surface area contributed by atoms with Crippen molar-refractivity contribution in [3.8, 4) is 0 Å². The fourth-order valence-corrected chi connectivity index (χ4v) is 2.22. The standard InChI is InChI=1S/C9H16N2O.C9H7N.ClH/c1-2-3-6-11-7-5-10-9(11)4-8-12;1-2-6-9-8(4-1)5-3-7-10-9;/h5,7,12H,2-4,6,8H2,1H3;1-7H;1H. The molecule has 0 unspecified atom stereocenters. The van der Waals surface area contributed by atoms with Gasteiger partial charge < -0.3 is 9.67 Å². The number of unbranched alkanes of at least 4 members (excludes halogenated alkanes) is 1. The normalized spacial score (nSPS) is 9.83. The van der Waals surface area contributed by atoms with Gasteiger partial charge in [0.1, 0.15) is 5.82 Å². The van der Waals surface area contributed by atoms with Gasteiger partial charge in [-0.1, -0.05) is 37.6 Å². The Morgan fingerprint density at radius 3 is 2.57 bits per heavy atom. The summed E-state index contributed by atoms with van der Waals surface area (Å²) in [4.78, 5) is 8.34. The SMILES string of the molecule is CCCCn1ccnc1CCO.Cl.c1ccc2ncccc2c1. The Labute approximate surface area is 143 Å². The molecule has 0 fully saturated rings. The Kier molecular flexibility index (Phi) is 8.95. The summed E-state index contributed by atoms with van der Waals surface area (Å²) in [6.07, 6.45) is 8.60. The Morgan fingerprint density at radius 2 is 1.83 bits per heavy atom. The number of aromatic nitrogens is 3. The zero-order valence-corrected chi connectivity index (χ0v) is 14.2. The Balaban J connectivity index is 0.000000223. The zero-order chi connectivity index (χ0) is 15.6. The number of rotatable bonds is 5. The fourth-order valence-electron chi connectivity index (χ4n) is 2.22. The molecule has 0 bridgehead atoms. The number of pyridine rings is 1. The maximum absolute atomic E-state index is 8.73. The van der Waals surface area contributed by atoms with Crippen molar-refractivity contribution in [1.29, 1.82) is 0 Å². The van der Waals surface area contributed by atoms with E-state index in [1.165, 1.54) is 18.2 Å². The van der Waals surface area contributed by atoms with Gasteiger partial charge in [0.05, 0.1) is 12.1 Å². The lowest BCUT2D eigenvalue weighted by Gasteiger charge is -2.04. The van der Waals surface area contributed by atoms with E-state index in [1.54, 1.807) is 6.20 Å². The first kappa shape index (κ1) is 19.1. The van der Waals surface area contributed by atoms with Gasteiger partial charge in [-0.2, -0.15) is 0 Å². The van der Waals surface area contributed by atoms with Crippen LogP contribution >= 0.6 is 12.4 Å². The van der Waals surface area contributed by atoms with Crippen LogP contribution in [0.25, 0.3) is 10.9 Å². The van der Waals surface area contributed by atoms with Crippen LogP contribution in [0.4, 0.5) is 0 Å². The van der Waals surface area contributed by atoms with E-state index in [2.05, 4.69) is 33.6 Å². The summed E-state index contributed by atoms with van der Waals surface area (Å²) in [5, 5.41) is 9.93. The van der Waals surface area contributed by atoms with E-state index < -0.39 is 0 Å². The second-order valence-electron chi connectivity index (χ2n) is 5.06. The number of fused-ring (bicyclic) bond motifs is 1. The van der Waals surface area contributed by atoms with Crippen molar-refractivity contribution in [2.45, 2.75) is 32.7 Å². The second-order valence-corrected chi connectivity index (χ2v) is 5.06. The predicted molar refractivity (Wildman–Crippen MR) is 96.9 cm³/mol. The molecule has 4 nitrogen and oxygen atoms in total. The quantitative estimate of drug-likeness (QED) is 0.771. The monoisotopic (exact) mass is 333 g/mol. The Morgan fingerprint density at radius 1 is 1.04 bits per heavy atom. The largest absolute Gasteiger partial charge is 0.396 e. The average Bonchev–Trinajstić information content (AvgIpc) is 3.01. The number of imidazole rings is 1. The molecule has 1 N–H and O–H groups in total. The predicted octanol–water partition coefficient (Wildman–Crippen LogP) is 3.87. The van der Waals surface area contributed by atoms with E-state index in [4.69, 9.17) is 5.11 Å². The molecule has 124 valence electrons. The highest BCUT2D eigenvalue weighted by Crippen LogP contribution is 2.07. The molecule has 5 heteroatoms. The van der Waals surface area contributed by atoms with Crippen molar-refractivity contribution in [2.24, 2.45) is 0 Å². The van der Waals surface area contributed by atoms with Gasteiger partial charge >= 0.3 is 0 Å². The van der Waals surface area contributed by atoms with Gasteiger partial charge in [-0.25, -0.2) is 4.98 Å². The maximum atomic E-state index is 8.73. The molecular weight excluding hydrogens is 310 g/mol. The molecule has 3 aromatic rings. The summed E-state index contributed by atoms with van der Waals surface area (Å²) in [6.45, 7) is 3.37. The summed E-state index contributed by atoms with van der Waals surface area (Å²) in [6, 6.07) is 12.1. The Bertz CT molecular complexity index is 619. The van der Waals surface area contributed by atoms with Crippen LogP contribution in [0.2, 0.25) is 0 Å². The lowest BCUT2D eigenvalue weighted by atomic mass is 10.2. The molecule has 2 aromatic heterocycles. The molecule has 0 spiro atoms. The number of hydrogen-bond acceptors (Lipinski definition) is 3. The van der Waals surface area contributed by atoms with Crippen LogP contribution < -0.4 is 0 Å². The average molecular weight is 334 g/mol. The highest BCUT2D eigenvalue weighted by molar-refractivity contribution is 5.85. The smallest absolute Gasteiger partial charge is 0.110 e. The van der Waals surface area contributed by atoms with Gasteiger partial charge in [-0.15, -0.1) is 12.4 Å². The number of aryl methyl sites for hydroxylation is 1. The zero-order valence-electron chi connectivity index (χ0n) is 13.4. The van der Waals surface area contributed by atoms with Gasteiger partial charge in [-0.3, -0.25) is 4.98 Å². The van der Waals surface area contributed by atoms with Gasteiger partial charge in [0.15, 0.2) is 0 Å². The first-order valence-corrected chi connectivity index (χ1v) is 7.75. The van der Waals surface area contributed by atoms with Crippen molar-refractivity contribution in [2.75, 3.05) is 6.61 Å². The lowest BCUT2D eigenvalue weighted by molar-refractivity contribution is 0.294. The van der Waals surface area contributed by atoms with Crippen LogP contribution in [0.15, 0.2) is 55.0 Å². The van der Waals surface area contributed by atoms with Crippen LogP contribution in [-0.4, -0.2) is 26.2 Å². The van der Waals surface area contributed by atoms with E-state index in [1.807, 2.05) is 36.7 Å². The molecule has 0 aliphatic carbocycles. The van der Waals surface area contributed by atoms with E-state index in [9.17, 15) is 0 Å². The number of para-hydroxylation sites is 1. The molecule has 0 amide bonds. The molecule has 0 aliphatic rings. The number of nitrogens with zero attached hydrogens (tertiary/aromatic N) is 3. The van der Waals surface area contributed by atoms with E-state index in [0.717, 1.165) is 17.9 Å². The number of aliphatic hydroxyl groups is 1. The minimum Gasteiger partial charge on any atom is -0.396 e. The summed E-state index contributed by atoms with van der Waals surface area (Å²) < 4.78 is 2.11. The minimum absolute atomic E-state index is 0. The van der Waals surface area contributed by atoms with Crippen LogP contribution in [0.5, 0.6) is 0 Å². The minimum atomic E-state index is 0. The van der Waals surface area contributed by atoms with Crippen LogP contribution in [0.3, 0.4) is 0 Å². The first-order valence-electron chi connectivity index (χ1n) is 7.75. The van der Waals surface area contributed by atoms with E-state index >= 15 is 0 Å². The van der Waals surface area contributed by atoms with E-state index in [-0.39, 0.29) is 19.0 Å². The number of hydrogen-bond donors (Lipinski definition) is 1. The fraction of sp³-hybridized carbons (Fsp3) is 0.333. The summed E-state index contributed by atoms with van der Waals surface area (Å²) in [5.74, 6) is 0.992. The van der Waals surface area contributed by atoms with Gasteiger partial charge in [0.2, 0.25) is 0 Å².